The van der Waals surface area contributed by atoms with E-state index >= 15 is 0 Å². The highest BCUT2D eigenvalue weighted by Crippen LogP contribution is 2.28. The van der Waals surface area contributed by atoms with Crippen LogP contribution in [0.15, 0.2) is 0 Å². The standard InChI is InChI=1S/C9H20O3S/c1-5-8(2)6-9(3,4)7-13(10,11)12/h8H,5-7H2,1-4H3,(H,10,11,12). The number of rotatable bonds is 5. The summed E-state index contributed by atoms with van der Waals surface area (Å²) in [5.41, 5.74) is -0.330. The second kappa shape index (κ2) is 4.42. The van der Waals surface area contributed by atoms with Crippen LogP contribution in [0.2, 0.25) is 0 Å². The SMILES string of the molecule is CCC(C)CC(C)(C)CS(=O)(=O)O. The van der Waals surface area contributed by atoms with Crippen molar-refractivity contribution in [3.63, 3.8) is 0 Å². The summed E-state index contributed by atoms with van der Waals surface area (Å²) in [4.78, 5) is 0. The third-order valence-electron chi connectivity index (χ3n) is 2.17. The van der Waals surface area contributed by atoms with E-state index in [-0.39, 0.29) is 11.2 Å². The Kier molecular flexibility index (Phi) is 4.39. The van der Waals surface area contributed by atoms with Crippen molar-refractivity contribution in [3.8, 4) is 0 Å². The van der Waals surface area contributed by atoms with E-state index in [2.05, 4.69) is 13.8 Å². The van der Waals surface area contributed by atoms with Crippen molar-refractivity contribution in [3.05, 3.63) is 0 Å². The van der Waals surface area contributed by atoms with E-state index in [1.54, 1.807) is 0 Å². The van der Waals surface area contributed by atoms with E-state index in [1.165, 1.54) is 0 Å². The fourth-order valence-corrected chi connectivity index (χ4v) is 2.75. The number of hydrogen-bond donors (Lipinski definition) is 1. The lowest BCUT2D eigenvalue weighted by Crippen LogP contribution is -2.25. The van der Waals surface area contributed by atoms with E-state index in [0.717, 1.165) is 12.8 Å². The molecule has 13 heavy (non-hydrogen) atoms. The summed E-state index contributed by atoms with van der Waals surface area (Å²) in [5.74, 6) is 0.349. The van der Waals surface area contributed by atoms with Gasteiger partial charge in [-0.3, -0.25) is 4.55 Å². The third kappa shape index (κ3) is 7.02. The van der Waals surface area contributed by atoms with Crippen molar-refractivity contribution in [1.82, 2.24) is 0 Å². The van der Waals surface area contributed by atoms with E-state index in [0.29, 0.717) is 5.92 Å². The average Bonchev–Trinajstić information content (AvgIpc) is 1.80. The predicted octanol–water partition coefficient (Wildman–Crippen LogP) is 2.34. The molecular weight excluding hydrogens is 188 g/mol. The van der Waals surface area contributed by atoms with Crippen LogP contribution in [-0.2, 0) is 10.1 Å². The van der Waals surface area contributed by atoms with Crippen LogP contribution in [0.1, 0.15) is 40.5 Å². The summed E-state index contributed by atoms with van der Waals surface area (Å²) in [7, 11) is -3.84. The maximum absolute atomic E-state index is 10.7. The van der Waals surface area contributed by atoms with Crippen molar-refractivity contribution >= 4 is 10.1 Å². The van der Waals surface area contributed by atoms with Crippen LogP contribution in [0.4, 0.5) is 0 Å². The quantitative estimate of drug-likeness (QED) is 0.705. The summed E-state index contributed by atoms with van der Waals surface area (Å²) in [6.45, 7) is 7.90. The highest BCUT2D eigenvalue weighted by molar-refractivity contribution is 7.85. The molecule has 0 aliphatic rings. The van der Waals surface area contributed by atoms with Gasteiger partial charge in [0.05, 0.1) is 5.75 Å². The molecule has 0 heterocycles. The molecule has 0 radical (unpaired) electrons. The maximum Gasteiger partial charge on any atom is 0.265 e. The molecule has 80 valence electrons. The van der Waals surface area contributed by atoms with E-state index in [1.807, 2.05) is 13.8 Å². The monoisotopic (exact) mass is 208 g/mol. The Hall–Kier alpha value is -0.0900. The Bertz CT molecular complexity index is 242. The summed E-state index contributed by atoms with van der Waals surface area (Å²) < 4.78 is 30.1. The zero-order chi connectivity index (χ0) is 10.7. The molecule has 0 aliphatic carbocycles. The molecule has 1 unspecified atom stereocenters. The van der Waals surface area contributed by atoms with Crippen LogP contribution in [0, 0.1) is 11.3 Å². The molecule has 0 aromatic heterocycles. The summed E-state index contributed by atoms with van der Waals surface area (Å²) in [5, 5.41) is 0. The molecular formula is C9H20O3S. The van der Waals surface area contributed by atoms with Gasteiger partial charge in [-0.2, -0.15) is 8.42 Å². The van der Waals surface area contributed by atoms with Gasteiger partial charge in [-0.25, -0.2) is 0 Å². The van der Waals surface area contributed by atoms with Crippen LogP contribution in [0.3, 0.4) is 0 Å². The van der Waals surface area contributed by atoms with Crippen LogP contribution >= 0.6 is 0 Å². The van der Waals surface area contributed by atoms with Gasteiger partial charge in [-0.1, -0.05) is 34.1 Å². The van der Waals surface area contributed by atoms with Gasteiger partial charge in [-0.15, -0.1) is 0 Å². The fourth-order valence-electron chi connectivity index (χ4n) is 1.64. The second-order valence-electron chi connectivity index (χ2n) is 4.61. The Balaban J connectivity index is 4.24. The van der Waals surface area contributed by atoms with Crippen molar-refractivity contribution in [2.45, 2.75) is 40.5 Å². The molecule has 1 atom stereocenters. The van der Waals surface area contributed by atoms with Gasteiger partial charge in [0.25, 0.3) is 10.1 Å². The average molecular weight is 208 g/mol. The zero-order valence-corrected chi connectivity index (χ0v) is 9.69. The first kappa shape index (κ1) is 12.9. The largest absolute Gasteiger partial charge is 0.286 e. The highest BCUT2D eigenvalue weighted by atomic mass is 32.2. The Labute approximate surface area is 81.3 Å². The minimum atomic E-state index is -3.84. The highest BCUT2D eigenvalue weighted by Gasteiger charge is 2.26. The first-order chi connectivity index (χ1) is 5.66. The van der Waals surface area contributed by atoms with Crippen LogP contribution in [0.5, 0.6) is 0 Å². The van der Waals surface area contributed by atoms with Crippen molar-refractivity contribution in [2.24, 2.45) is 11.3 Å². The molecule has 0 aromatic rings. The number of hydrogen-bond acceptors (Lipinski definition) is 2. The van der Waals surface area contributed by atoms with Gasteiger partial charge in [0, 0.05) is 0 Å². The maximum atomic E-state index is 10.7. The molecule has 1 N–H and O–H groups in total. The second-order valence-corrected chi connectivity index (χ2v) is 6.06. The molecule has 0 rings (SSSR count). The molecule has 0 aromatic carbocycles. The summed E-state index contributed by atoms with van der Waals surface area (Å²) in [6, 6.07) is 0. The van der Waals surface area contributed by atoms with Crippen molar-refractivity contribution in [1.29, 1.82) is 0 Å². The van der Waals surface area contributed by atoms with Gasteiger partial charge in [0.15, 0.2) is 0 Å². The molecule has 0 amide bonds. The van der Waals surface area contributed by atoms with Crippen LogP contribution < -0.4 is 0 Å². The van der Waals surface area contributed by atoms with Gasteiger partial charge < -0.3 is 0 Å². The normalized spacial score (nSPS) is 15.8. The van der Waals surface area contributed by atoms with E-state index in [4.69, 9.17) is 4.55 Å². The third-order valence-corrected chi connectivity index (χ3v) is 3.32. The van der Waals surface area contributed by atoms with Crippen LogP contribution in [0.25, 0.3) is 0 Å². The molecule has 3 nitrogen and oxygen atoms in total. The molecule has 0 fully saturated rings. The predicted molar refractivity (Wildman–Crippen MR) is 54.3 cm³/mol. The van der Waals surface area contributed by atoms with Crippen LogP contribution in [-0.4, -0.2) is 18.7 Å². The zero-order valence-electron chi connectivity index (χ0n) is 8.87. The Morgan fingerprint density at radius 1 is 1.38 bits per heavy atom. The first-order valence-corrected chi connectivity index (χ1v) is 6.22. The topological polar surface area (TPSA) is 54.4 Å². The lowest BCUT2D eigenvalue weighted by Gasteiger charge is -2.25. The smallest absolute Gasteiger partial charge is 0.265 e. The van der Waals surface area contributed by atoms with Gasteiger partial charge in [0.2, 0.25) is 0 Å². The van der Waals surface area contributed by atoms with E-state index < -0.39 is 10.1 Å². The van der Waals surface area contributed by atoms with Crippen molar-refractivity contribution in [2.75, 3.05) is 5.75 Å². The van der Waals surface area contributed by atoms with Gasteiger partial charge >= 0.3 is 0 Å². The van der Waals surface area contributed by atoms with Crippen molar-refractivity contribution < 1.29 is 13.0 Å². The van der Waals surface area contributed by atoms with Gasteiger partial charge in [-0.05, 0) is 17.8 Å². The molecule has 4 heteroatoms. The lowest BCUT2D eigenvalue weighted by atomic mass is 9.84. The summed E-state index contributed by atoms with van der Waals surface area (Å²) >= 11 is 0. The minimum absolute atomic E-state index is 0.148. The minimum Gasteiger partial charge on any atom is -0.286 e. The Morgan fingerprint density at radius 2 is 1.85 bits per heavy atom. The Morgan fingerprint density at radius 3 is 2.15 bits per heavy atom. The molecule has 0 bridgehead atoms. The molecule has 0 saturated carbocycles. The lowest BCUT2D eigenvalue weighted by molar-refractivity contribution is 0.297. The molecule has 0 saturated heterocycles. The summed E-state index contributed by atoms with van der Waals surface area (Å²) in [6.07, 6.45) is 1.86. The van der Waals surface area contributed by atoms with Gasteiger partial charge in [0.1, 0.15) is 0 Å². The first-order valence-electron chi connectivity index (χ1n) is 4.61. The fraction of sp³-hybridized carbons (Fsp3) is 1.00. The molecule has 0 aliphatic heterocycles. The molecule has 0 spiro atoms. The van der Waals surface area contributed by atoms with E-state index in [9.17, 15) is 8.42 Å².